The summed E-state index contributed by atoms with van der Waals surface area (Å²) in [7, 11) is 0. The van der Waals surface area contributed by atoms with E-state index in [2.05, 4.69) is 4.98 Å². The van der Waals surface area contributed by atoms with Gasteiger partial charge in [-0.1, -0.05) is 6.07 Å². The van der Waals surface area contributed by atoms with E-state index in [1.165, 1.54) is 0 Å². The summed E-state index contributed by atoms with van der Waals surface area (Å²) in [6.07, 6.45) is 0. The van der Waals surface area contributed by atoms with Gasteiger partial charge in [0.1, 0.15) is 6.61 Å². The third-order valence-electron chi connectivity index (χ3n) is 2.67. The van der Waals surface area contributed by atoms with Crippen molar-refractivity contribution >= 4 is 0 Å². The maximum Gasteiger partial charge on any atom is 0.253 e. The Labute approximate surface area is 111 Å². The molecule has 4 nitrogen and oxygen atoms in total. The lowest BCUT2D eigenvalue weighted by Gasteiger charge is -2.07. The van der Waals surface area contributed by atoms with E-state index in [9.17, 15) is 13.2 Å². The first-order valence-electron chi connectivity index (χ1n) is 5.66. The minimum Gasteiger partial charge on any atom is -0.471 e. The average molecular weight is 283 g/mol. The van der Waals surface area contributed by atoms with Crippen molar-refractivity contribution in [1.29, 1.82) is 0 Å². The molecule has 2 aromatic rings. The van der Waals surface area contributed by atoms with Gasteiger partial charge in [0.15, 0.2) is 23.1 Å². The summed E-state index contributed by atoms with van der Waals surface area (Å²) < 4.78 is 54.3. The predicted octanol–water partition coefficient (Wildman–Crippen LogP) is 2.81. The molecule has 20 heavy (non-hydrogen) atoms. The first-order valence-corrected chi connectivity index (χ1v) is 5.66. The smallest absolute Gasteiger partial charge is 0.253 e. The molecule has 0 saturated carbocycles. The number of nitrogens with zero attached hydrogens (tertiary/aromatic N) is 1. The second-order valence-electron chi connectivity index (χ2n) is 4.02. The maximum atomic E-state index is 13.3. The van der Waals surface area contributed by atoms with Gasteiger partial charge in [0.05, 0.1) is 0 Å². The van der Waals surface area contributed by atoms with Gasteiger partial charge < -0.3 is 14.2 Å². The summed E-state index contributed by atoms with van der Waals surface area (Å²) in [6.45, 7) is 0.0740. The van der Waals surface area contributed by atoms with E-state index in [-0.39, 0.29) is 13.4 Å². The molecule has 2 heterocycles. The van der Waals surface area contributed by atoms with Crippen molar-refractivity contribution in [1.82, 2.24) is 4.98 Å². The molecular formula is C13H8F3NO3. The van der Waals surface area contributed by atoms with Crippen LogP contribution in [0.25, 0.3) is 0 Å². The van der Waals surface area contributed by atoms with Gasteiger partial charge in [-0.25, -0.2) is 8.78 Å². The standard InChI is InChI=1S/C13H8F3NO3/c14-8-4-9(15)13(17-12(8)16)18-5-7-1-2-10-11(3-7)20-6-19-10/h1-4H,5-6H2. The second kappa shape index (κ2) is 4.92. The molecule has 0 atom stereocenters. The molecule has 7 heteroatoms. The molecule has 104 valence electrons. The molecule has 0 fully saturated rings. The van der Waals surface area contributed by atoms with Crippen LogP contribution in [-0.4, -0.2) is 11.8 Å². The van der Waals surface area contributed by atoms with Crippen LogP contribution in [-0.2, 0) is 6.61 Å². The van der Waals surface area contributed by atoms with E-state index >= 15 is 0 Å². The minimum atomic E-state index is -1.41. The van der Waals surface area contributed by atoms with E-state index in [1.807, 2.05) is 0 Å². The number of rotatable bonds is 3. The van der Waals surface area contributed by atoms with Gasteiger partial charge in [-0.05, 0) is 17.7 Å². The van der Waals surface area contributed by atoms with Crippen LogP contribution in [0.1, 0.15) is 5.56 Å². The van der Waals surface area contributed by atoms with Crippen molar-refractivity contribution in [3.63, 3.8) is 0 Å². The Morgan fingerprint density at radius 2 is 1.85 bits per heavy atom. The Morgan fingerprint density at radius 1 is 1.05 bits per heavy atom. The molecule has 0 bridgehead atoms. The summed E-state index contributed by atoms with van der Waals surface area (Å²) in [5.74, 6) is -3.29. The van der Waals surface area contributed by atoms with E-state index in [0.717, 1.165) is 0 Å². The van der Waals surface area contributed by atoms with Crippen LogP contribution >= 0.6 is 0 Å². The van der Waals surface area contributed by atoms with Crippen molar-refractivity contribution in [2.24, 2.45) is 0 Å². The lowest BCUT2D eigenvalue weighted by molar-refractivity contribution is 0.174. The van der Waals surface area contributed by atoms with Gasteiger partial charge in [0.2, 0.25) is 6.79 Å². The van der Waals surface area contributed by atoms with E-state index in [1.54, 1.807) is 18.2 Å². The SMILES string of the molecule is Fc1cc(F)c(OCc2ccc3c(c2)OCO3)nc1F. The number of aromatic nitrogens is 1. The summed E-state index contributed by atoms with van der Waals surface area (Å²) >= 11 is 0. The van der Waals surface area contributed by atoms with Crippen LogP contribution in [0.15, 0.2) is 24.3 Å². The molecule has 0 spiro atoms. The number of benzene rings is 1. The van der Waals surface area contributed by atoms with Gasteiger partial charge in [0.25, 0.3) is 11.8 Å². The molecule has 0 aliphatic carbocycles. The number of hydrogen-bond acceptors (Lipinski definition) is 4. The summed E-state index contributed by atoms with van der Waals surface area (Å²) in [5.41, 5.74) is 0.653. The summed E-state index contributed by atoms with van der Waals surface area (Å²) in [6, 6.07) is 5.40. The average Bonchev–Trinajstić information content (AvgIpc) is 2.89. The van der Waals surface area contributed by atoms with Crippen LogP contribution in [0.2, 0.25) is 0 Å². The quantitative estimate of drug-likeness (QED) is 0.812. The molecule has 0 radical (unpaired) electrons. The third-order valence-corrected chi connectivity index (χ3v) is 2.67. The zero-order chi connectivity index (χ0) is 14.1. The number of hydrogen-bond donors (Lipinski definition) is 0. The molecule has 1 aromatic carbocycles. The molecule has 0 amide bonds. The molecular weight excluding hydrogens is 275 g/mol. The summed E-state index contributed by atoms with van der Waals surface area (Å²) in [4.78, 5) is 3.06. The van der Waals surface area contributed by atoms with Crippen molar-refractivity contribution < 1.29 is 27.4 Å². The Morgan fingerprint density at radius 3 is 2.70 bits per heavy atom. The highest BCUT2D eigenvalue weighted by atomic mass is 19.2. The monoisotopic (exact) mass is 283 g/mol. The van der Waals surface area contributed by atoms with E-state index in [0.29, 0.717) is 23.1 Å². The molecule has 1 aliphatic rings. The highest BCUT2D eigenvalue weighted by Gasteiger charge is 2.15. The number of pyridine rings is 1. The molecule has 0 unspecified atom stereocenters. The van der Waals surface area contributed by atoms with E-state index in [4.69, 9.17) is 14.2 Å². The highest BCUT2D eigenvalue weighted by molar-refractivity contribution is 5.44. The maximum absolute atomic E-state index is 13.3. The van der Waals surface area contributed by atoms with E-state index < -0.39 is 23.5 Å². The fourth-order valence-electron chi connectivity index (χ4n) is 1.71. The van der Waals surface area contributed by atoms with Crippen LogP contribution in [0.3, 0.4) is 0 Å². The molecule has 1 aliphatic heterocycles. The molecule has 1 aromatic heterocycles. The predicted molar refractivity (Wildman–Crippen MR) is 61.0 cm³/mol. The second-order valence-corrected chi connectivity index (χ2v) is 4.02. The van der Waals surface area contributed by atoms with Gasteiger partial charge in [0, 0.05) is 6.07 Å². The van der Waals surface area contributed by atoms with Crippen LogP contribution < -0.4 is 14.2 Å². The molecule has 0 saturated heterocycles. The Balaban J connectivity index is 1.75. The van der Waals surface area contributed by atoms with Crippen molar-refractivity contribution in [3.05, 3.63) is 47.4 Å². The van der Waals surface area contributed by atoms with Crippen molar-refractivity contribution in [3.8, 4) is 17.4 Å². The first-order chi connectivity index (χ1) is 9.63. The van der Waals surface area contributed by atoms with Crippen LogP contribution in [0, 0.1) is 17.6 Å². The highest BCUT2D eigenvalue weighted by Crippen LogP contribution is 2.32. The largest absolute Gasteiger partial charge is 0.471 e. The normalized spacial score (nSPS) is 12.6. The summed E-state index contributed by atoms with van der Waals surface area (Å²) in [5, 5.41) is 0. The number of ether oxygens (including phenoxy) is 3. The van der Waals surface area contributed by atoms with Gasteiger partial charge in [-0.2, -0.15) is 9.37 Å². The Hall–Kier alpha value is -2.44. The number of fused-ring (bicyclic) bond motifs is 1. The van der Waals surface area contributed by atoms with Crippen molar-refractivity contribution in [2.45, 2.75) is 6.61 Å². The van der Waals surface area contributed by atoms with Gasteiger partial charge >= 0.3 is 0 Å². The first kappa shape index (κ1) is 12.6. The van der Waals surface area contributed by atoms with Crippen LogP contribution in [0.4, 0.5) is 13.2 Å². The molecule has 3 rings (SSSR count). The van der Waals surface area contributed by atoms with Gasteiger partial charge in [-0.3, -0.25) is 0 Å². The minimum absolute atomic E-state index is 0.0639. The fraction of sp³-hybridized carbons (Fsp3) is 0.154. The van der Waals surface area contributed by atoms with Crippen molar-refractivity contribution in [2.75, 3.05) is 6.79 Å². The Kier molecular flexibility index (Phi) is 3.09. The lowest BCUT2D eigenvalue weighted by atomic mass is 10.2. The zero-order valence-corrected chi connectivity index (χ0v) is 10.0. The van der Waals surface area contributed by atoms with Gasteiger partial charge in [-0.15, -0.1) is 0 Å². The fourth-order valence-corrected chi connectivity index (χ4v) is 1.71. The molecule has 0 N–H and O–H groups in total. The number of halogens is 3. The van der Waals surface area contributed by atoms with Crippen LogP contribution in [0.5, 0.6) is 17.4 Å². The zero-order valence-electron chi connectivity index (χ0n) is 10.0. The third kappa shape index (κ3) is 2.34. The Bertz CT molecular complexity index is 664. The lowest BCUT2D eigenvalue weighted by Crippen LogP contribution is -2.02. The topological polar surface area (TPSA) is 40.6 Å².